The molecular formula is C17H20N2O3S. The van der Waals surface area contributed by atoms with Gasteiger partial charge >= 0.3 is 0 Å². The van der Waals surface area contributed by atoms with Crippen LogP contribution in [0.4, 0.5) is 0 Å². The number of ketones is 1. The van der Waals surface area contributed by atoms with Gasteiger partial charge in [-0.2, -0.15) is 4.31 Å². The van der Waals surface area contributed by atoms with Crippen LogP contribution in [0.3, 0.4) is 0 Å². The van der Waals surface area contributed by atoms with Crippen LogP contribution >= 0.6 is 0 Å². The number of rotatable bonds is 6. The molecular weight excluding hydrogens is 312 g/mol. The zero-order valence-electron chi connectivity index (χ0n) is 13.4. The van der Waals surface area contributed by atoms with E-state index in [2.05, 4.69) is 4.98 Å². The topological polar surface area (TPSA) is 67.3 Å². The average molecular weight is 332 g/mol. The van der Waals surface area contributed by atoms with Crippen LogP contribution in [-0.2, 0) is 10.0 Å². The first kappa shape index (κ1) is 17.3. The van der Waals surface area contributed by atoms with Gasteiger partial charge in [-0.15, -0.1) is 0 Å². The van der Waals surface area contributed by atoms with Gasteiger partial charge in [0.05, 0.1) is 4.90 Å². The first-order valence-corrected chi connectivity index (χ1v) is 8.84. The van der Waals surface area contributed by atoms with E-state index in [1.54, 1.807) is 31.5 Å². The Balaban J connectivity index is 2.37. The SMILES string of the molecule is CCN([C@H](C)c1ccncc1)S(=O)(=O)c1ccc(C(C)=O)cc1. The molecule has 1 heterocycles. The lowest BCUT2D eigenvalue weighted by molar-refractivity contribution is 0.101. The zero-order valence-corrected chi connectivity index (χ0v) is 14.2. The fourth-order valence-electron chi connectivity index (χ4n) is 2.46. The zero-order chi connectivity index (χ0) is 17.0. The van der Waals surface area contributed by atoms with Crippen molar-refractivity contribution in [2.45, 2.75) is 31.7 Å². The minimum Gasteiger partial charge on any atom is -0.295 e. The molecule has 1 atom stereocenters. The Labute approximate surface area is 137 Å². The largest absolute Gasteiger partial charge is 0.295 e. The van der Waals surface area contributed by atoms with Crippen molar-refractivity contribution in [1.29, 1.82) is 0 Å². The molecule has 0 N–H and O–H groups in total. The molecule has 0 radical (unpaired) electrons. The molecule has 1 aromatic carbocycles. The second-order valence-electron chi connectivity index (χ2n) is 5.25. The van der Waals surface area contributed by atoms with Crippen molar-refractivity contribution >= 4 is 15.8 Å². The summed E-state index contributed by atoms with van der Waals surface area (Å²) in [7, 11) is -3.64. The second kappa shape index (κ2) is 7.02. The molecule has 0 aliphatic rings. The van der Waals surface area contributed by atoms with E-state index in [1.807, 2.05) is 19.1 Å². The van der Waals surface area contributed by atoms with Gasteiger partial charge in [-0.05, 0) is 43.7 Å². The van der Waals surface area contributed by atoms with E-state index in [0.29, 0.717) is 12.1 Å². The highest BCUT2D eigenvalue weighted by atomic mass is 32.2. The third-order valence-corrected chi connectivity index (χ3v) is 5.86. The van der Waals surface area contributed by atoms with Crippen LogP contribution in [0.25, 0.3) is 0 Å². The standard InChI is InChI=1S/C17H20N2O3S/c1-4-19(13(2)15-9-11-18-12-10-15)23(21,22)17-7-5-16(6-8-17)14(3)20/h5-13H,4H2,1-3H3/t13-/m1/s1. The van der Waals surface area contributed by atoms with Gasteiger partial charge in [0.25, 0.3) is 0 Å². The van der Waals surface area contributed by atoms with E-state index in [4.69, 9.17) is 0 Å². The molecule has 0 spiro atoms. The number of aromatic nitrogens is 1. The van der Waals surface area contributed by atoms with Crippen LogP contribution in [0.15, 0.2) is 53.7 Å². The van der Waals surface area contributed by atoms with Crippen molar-refractivity contribution in [2.75, 3.05) is 6.54 Å². The van der Waals surface area contributed by atoms with Gasteiger partial charge < -0.3 is 0 Å². The molecule has 1 aromatic heterocycles. The van der Waals surface area contributed by atoms with E-state index < -0.39 is 10.0 Å². The number of sulfonamides is 1. The van der Waals surface area contributed by atoms with Crippen LogP contribution in [0, 0.1) is 0 Å². The number of benzene rings is 1. The van der Waals surface area contributed by atoms with Crippen molar-refractivity contribution in [3.63, 3.8) is 0 Å². The number of carbonyl (C=O) groups excluding carboxylic acids is 1. The summed E-state index contributed by atoms with van der Waals surface area (Å²) in [6, 6.07) is 9.35. The quantitative estimate of drug-likeness (QED) is 0.763. The summed E-state index contributed by atoms with van der Waals surface area (Å²) in [4.78, 5) is 15.5. The summed E-state index contributed by atoms with van der Waals surface area (Å²) in [5, 5.41) is 0. The normalized spacial score (nSPS) is 13.0. The summed E-state index contributed by atoms with van der Waals surface area (Å²) in [5.41, 5.74) is 1.37. The summed E-state index contributed by atoms with van der Waals surface area (Å²) in [6.45, 7) is 5.45. The van der Waals surface area contributed by atoms with Gasteiger partial charge in [-0.25, -0.2) is 8.42 Å². The molecule has 0 amide bonds. The van der Waals surface area contributed by atoms with E-state index in [0.717, 1.165) is 5.56 Å². The highest BCUT2D eigenvalue weighted by molar-refractivity contribution is 7.89. The lowest BCUT2D eigenvalue weighted by Gasteiger charge is -2.27. The second-order valence-corrected chi connectivity index (χ2v) is 7.14. The summed E-state index contributed by atoms with van der Waals surface area (Å²) < 4.78 is 27.2. The Hall–Kier alpha value is -2.05. The Morgan fingerprint density at radius 2 is 1.70 bits per heavy atom. The summed E-state index contributed by atoms with van der Waals surface area (Å²) >= 11 is 0. The van der Waals surface area contributed by atoms with Gasteiger partial charge in [0, 0.05) is 30.5 Å². The molecule has 122 valence electrons. The van der Waals surface area contributed by atoms with Crippen LogP contribution in [0.2, 0.25) is 0 Å². The van der Waals surface area contributed by atoms with E-state index in [-0.39, 0.29) is 16.7 Å². The Kier molecular flexibility index (Phi) is 5.28. The minimum atomic E-state index is -3.64. The monoisotopic (exact) mass is 332 g/mol. The average Bonchev–Trinajstić information content (AvgIpc) is 2.56. The first-order valence-electron chi connectivity index (χ1n) is 7.40. The van der Waals surface area contributed by atoms with Crippen molar-refractivity contribution in [2.24, 2.45) is 0 Å². The maximum absolute atomic E-state index is 12.9. The molecule has 0 bridgehead atoms. The number of hydrogen-bond donors (Lipinski definition) is 0. The number of Topliss-reactive ketones (excluding diaryl/α,β-unsaturated/α-hetero) is 1. The van der Waals surface area contributed by atoms with Crippen LogP contribution in [0.1, 0.15) is 42.7 Å². The van der Waals surface area contributed by atoms with Crippen molar-refractivity contribution in [3.05, 3.63) is 59.9 Å². The Morgan fingerprint density at radius 3 is 2.17 bits per heavy atom. The predicted molar refractivity (Wildman–Crippen MR) is 88.7 cm³/mol. The smallest absolute Gasteiger partial charge is 0.243 e. The molecule has 5 nitrogen and oxygen atoms in total. The molecule has 2 aromatic rings. The van der Waals surface area contributed by atoms with E-state index >= 15 is 0 Å². The molecule has 23 heavy (non-hydrogen) atoms. The van der Waals surface area contributed by atoms with Gasteiger partial charge in [0.2, 0.25) is 10.0 Å². The Bertz CT molecular complexity index is 771. The molecule has 0 saturated heterocycles. The fourth-order valence-corrected chi connectivity index (χ4v) is 4.09. The third-order valence-electron chi connectivity index (χ3n) is 3.80. The van der Waals surface area contributed by atoms with Crippen LogP contribution < -0.4 is 0 Å². The number of carbonyl (C=O) groups is 1. The highest BCUT2D eigenvalue weighted by Crippen LogP contribution is 2.27. The first-order chi connectivity index (χ1) is 10.9. The fraction of sp³-hybridized carbons (Fsp3) is 0.294. The molecule has 0 saturated carbocycles. The van der Waals surface area contributed by atoms with Gasteiger partial charge in [-0.1, -0.05) is 19.1 Å². The summed E-state index contributed by atoms with van der Waals surface area (Å²) in [5.74, 6) is -0.0913. The van der Waals surface area contributed by atoms with Gasteiger partial charge in [0.15, 0.2) is 5.78 Å². The Morgan fingerprint density at radius 1 is 1.13 bits per heavy atom. The van der Waals surface area contributed by atoms with E-state index in [1.165, 1.54) is 23.4 Å². The van der Waals surface area contributed by atoms with Crippen molar-refractivity contribution in [3.8, 4) is 0 Å². The number of nitrogens with zero attached hydrogens (tertiary/aromatic N) is 2. The lowest BCUT2D eigenvalue weighted by Crippen LogP contribution is -2.33. The number of pyridine rings is 1. The molecule has 0 aliphatic heterocycles. The highest BCUT2D eigenvalue weighted by Gasteiger charge is 2.28. The predicted octanol–water partition coefficient (Wildman–Crippen LogP) is 3.06. The molecule has 0 unspecified atom stereocenters. The van der Waals surface area contributed by atoms with Gasteiger partial charge in [-0.3, -0.25) is 9.78 Å². The van der Waals surface area contributed by atoms with Crippen LogP contribution in [-0.4, -0.2) is 30.0 Å². The lowest BCUT2D eigenvalue weighted by atomic mass is 10.1. The number of hydrogen-bond acceptors (Lipinski definition) is 4. The minimum absolute atomic E-state index is 0.0913. The third kappa shape index (κ3) is 3.65. The summed E-state index contributed by atoms with van der Waals surface area (Å²) in [6.07, 6.45) is 3.29. The maximum atomic E-state index is 12.9. The van der Waals surface area contributed by atoms with E-state index in [9.17, 15) is 13.2 Å². The van der Waals surface area contributed by atoms with Crippen LogP contribution in [0.5, 0.6) is 0 Å². The molecule has 6 heteroatoms. The molecule has 0 fully saturated rings. The van der Waals surface area contributed by atoms with Crippen molar-refractivity contribution in [1.82, 2.24) is 9.29 Å². The molecule has 2 rings (SSSR count). The van der Waals surface area contributed by atoms with Crippen molar-refractivity contribution < 1.29 is 13.2 Å². The molecule has 0 aliphatic carbocycles. The maximum Gasteiger partial charge on any atom is 0.243 e. The van der Waals surface area contributed by atoms with Gasteiger partial charge in [0.1, 0.15) is 0 Å².